The molecular weight excluding hydrogens is 612 g/mol. The number of aliphatic carboxylic acids is 1. The quantitative estimate of drug-likeness (QED) is 0.254. The molecule has 0 bridgehead atoms. The Balaban J connectivity index is 0.000000745. The van der Waals surface area contributed by atoms with Gasteiger partial charge in [-0.2, -0.15) is 13.2 Å². The van der Waals surface area contributed by atoms with Crippen LogP contribution in [0, 0.1) is 5.92 Å². The van der Waals surface area contributed by atoms with Gasteiger partial charge in [-0.15, -0.1) is 0 Å². The smallest absolute Gasteiger partial charge is 0.475 e. The van der Waals surface area contributed by atoms with Gasteiger partial charge in [0, 0.05) is 27.6 Å². The van der Waals surface area contributed by atoms with E-state index in [9.17, 15) is 27.6 Å². The van der Waals surface area contributed by atoms with Crippen molar-refractivity contribution in [1.82, 2.24) is 14.5 Å². The molecule has 10 nitrogen and oxygen atoms in total. The van der Waals surface area contributed by atoms with Crippen molar-refractivity contribution in [2.24, 2.45) is 11.7 Å². The van der Waals surface area contributed by atoms with E-state index >= 15 is 0 Å². The van der Waals surface area contributed by atoms with Crippen molar-refractivity contribution in [2.75, 3.05) is 6.73 Å². The molecule has 224 valence electrons. The summed E-state index contributed by atoms with van der Waals surface area (Å²) in [6, 6.07) is 12.3. The number of hydrogen-bond acceptors (Lipinski definition) is 7. The molecule has 2 atom stereocenters. The zero-order chi connectivity index (χ0) is 30.9. The first kappa shape index (κ1) is 34.0. The molecule has 0 radical (unpaired) electrons. The van der Waals surface area contributed by atoms with Gasteiger partial charge in [-0.25, -0.2) is 9.59 Å². The number of alkyl halides is 3. The van der Waals surface area contributed by atoms with Crippen molar-refractivity contribution >= 4 is 59.0 Å². The lowest BCUT2D eigenvalue weighted by atomic mass is 10.1. The average Bonchev–Trinajstić information content (AvgIpc) is 3.16. The Hall–Kier alpha value is -3.20. The number of nitrogens with two attached hydrogens (primary N) is 1. The van der Waals surface area contributed by atoms with Crippen LogP contribution in [0.25, 0.3) is 0 Å². The molecule has 16 heteroatoms. The van der Waals surface area contributed by atoms with E-state index in [2.05, 4.69) is 5.32 Å². The first-order valence-electron chi connectivity index (χ1n) is 11.9. The summed E-state index contributed by atoms with van der Waals surface area (Å²) in [5.41, 5.74) is 6.34. The van der Waals surface area contributed by atoms with Crippen LogP contribution in [0.4, 0.5) is 18.0 Å². The van der Waals surface area contributed by atoms with Crippen LogP contribution in [0.1, 0.15) is 36.2 Å². The molecular formula is C25H27Cl2F3N4O6S. The number of carboxylic acids is 1. The van der Waals surface area contributed by atoms with Crippen LogP contribution in [-0.2, 0) is 20.9 Å². The molecule has 2 unspecified atom stereocenters. The number of rotatable bonds is 9. The van der Waals surface area contributed by atoms with Crippen molar-refractivity contribution in [3.63, 3.8) is 0 Å². The van der Waals surface area contributed by atoms with E-state index in [4.69, 9.17) is 43.6 Å². The molecule has 3 amide bonds. The summed E-state index contributed by atoms with van der Waals surface area (Å²) in [4.78, 5) is 48.4. The number of amides is 3. The number of benzene rings is 2. The number of carboxylic acid groups (broad SMARTS) is 1. The van der Waals surface area contributed by atoms with E-state index < -0.39 is 41.6 Å². The Morgan fingerprint density at radius 3 is 2.07 bits per heavy atom. The maximum absolute atomic E-state index is 13.1. The molecule has 1 heterocycles. The highest BCUT2D eigenvalue weighted by molar-refractivity contribution is 7.98. The third kappa shape index (κ3) is 10.9. The van der Waals surface area contributed by atoms with Gasteiger partial charge in [0.15, 0.2) is 12.2 Å². The van der Waals surface area contributed by atoms with Crippen LogP contribution >= 0.6 is 35.1 Å². The molecule has 1 aliphatic heterocycles. The van der Waals surface area contributed by atoms with Crippen molar-refractivity contribution in [3.05, 3.63) is 69.7 Å². The van der Waals surface area contributed by atoms with Gasteiger partial charge in [-0.3, -0.25) is 18.8 Å². The summed E-state index contributed by atoms with van der Waals surface area (Å²) in [6.07, 6.45) is -4.62. The number of esters is 1. The molecule has 2 aromatic rings. The Bertz CT molecular complexity index is 1220. The van der Waals surface area contributed by atoms with E-state index in [1.807, 2.05) is 26.0 Å². The lowest BCUT2D eigenvalue weighted by Crippen LogP contribution is -2.47. The number of carbonyl (C=O) groups excluding carboxylic acids is 3. The van der Waals surface area contributed by atoms with Crippen LogP contribution < -0.4 is 11.1 Å². The van der Waals surface area contributed by atoms with E-state index in [1.54, 1.807) is 36.4 Å². The lowest BCUT2D eigenvalue weighted by molar-refractivity contribution is -0.192. The molecule has 1 aliphatic rings. The van der Waals surface area contributed by atoms with Crippen molar-refractivity contribution < 1.29 is 42.2 Å². The molecule has 1 fully saturated rings. The molecule has 0 saturated carbocycles. The highest BCUT2D eigenvalue weighted by atomic mass is 35.5. The van der Waals surface area contributed by atoms with Gasteiger partial charge in [-0.05, 0) is 54.3 Å². The lowest BCUT2D eigenvalue weighted by Gasteiger charge is -2.23. The number of hydrogen-bond donors (Lipinski definition) is 3. The minimum atomic E-state index is -5.08. The molecule has 3 rings (SSSR count). The Labute approximate surface area is 248 Å². The fourth-order valence-electron chi connectivity index (χ4n) is 3.19. The second-order valence-electron chi connectivity index (χ2n) is 8.98. The summed E-state index contributed by atoms with van der Waals surface area (Å²) in [5.74, 6) is -3.55. The van der Waals surface area contributed by atoms with Crippen molar-refractivity contribution in [1.29, 1.82) is 0 Å². The van der Waals surface area contributed by atoms with E-state index in [1.165, 1.54) is 9.21 Å². The Kier molecular flexibility index (Phi) is 12.6. The standard InChI is InChI=1S/C23H26Cl2N4O4S.C2HF3O2/c1-14(2)11-19(26)21(31)33-13-28-22(27-20(30)16-5-9-18(25)10-6-16)34-29(23(28)32)12-15-3-7-17(24)8-4-15;3-2(4,5)1(6)7/h3-10,14,19,22H,11-13,26H2,1-2H3,(H,27,30);(H,6,7). The first-order chi connectivity index (χ1) is 19.1. The topological polar surface area (TPSA) is 142 Å². The van der Waals surface area contributed by atoms with Gasteiger partial charge in [-0.1, -0.05) is 49.2 Å². The van der Waals surface area contributed by atoms with Crippen molar-refractivity contribution in [3.8, 4) is 0 Å². The van der Waals surface area contributed by atoms with Gasteiger partial charge >= 0.3 is 24.1 Å². The van der Waals surface area contributed by atoms with Gasteiger partial charge < -0.3 is 20.9 Å². The largest absolute Gasteiger partial charge is 0.490 e. The molecule has 0 spiro atoms. The number of nitrogens with one attached hydrogen (secondary N) is 1. The summed E-state index contributed by atoms with van der Waals surface area (Å²) in [5, 5.41) is 11.0. The average molecular weight is 639 g/mol. The second-order valence-corrected chi connectivity index (χ2v) is 11.0. The normalized spacial score (nSPS) is 15.7. The number of halogens is 5. The number of urea groups is 1. The molecule has 0 aliphatic carbocycles. The van der Waals surface area contributed by atoms with Gasteiger partial charge in [0.05, 0.1) is 6.54 Å². The van der Waals surface area contributed by atoms with Crippen LogP contribution in [0.2, 0.25) is 10.0 Å². The highest BCUT2D eigenvalue weighted by Crippen LogP contribution is 2.32. The zero-order valence-electron chi connectivity index (χ0n) is 21.7. The Morgan fingerprint density at radius 2 is 1.59 bits per heavy atom. The molecule has 2 aromatic carbocycles. The van der Waals surface area contributed by atoms with Crippen molar-refractivity contribution in [2.45, 2.75) is 44.5 Å². The zero-order valence-corrected chi connectivity index (χ0v) is 24.1. The molecule has 41 heavy (non-hydrogen) atoms. The highest BCUT2D eigenvalue weighted by Gasteiger charge is 2.40. The third-order valence-corrected chi connectivity index (χ3v) is 6.80. The molecule has 0 aromatic heterocycles. The minimum absolute atomic E-state index is 0.216. The SMILES string of the molecule is CC(C)CC(N)C(=O)OCN1C(=O)N(Cc2ccc(Cl)cc2)SC1NC(=O)c1ccc(Cl)cc1.O=C(O)C(F)(F)F. The fraction of sp³-hybridized carbons (Fsp3) is 0.360. The van der Waals surface area contributed by atoms with Gasteiger partial charge in [0.1, 0.15) is 6.04 Å². The van der Waals surface area contributed by atoms with Crippen LogP contribution in [0.15, 0.2) is 48.5 Å². The third-order valence-electron chi connectivity index (χ3n) is 5.19. The fourth-order valence-corrected chi connectivity index (χ4v) is 4.53. The number of nitrogens with zero attached hydrogens (tertiary/aromatic N) is 2. The number of carbonyl (C=O) groups is 4. The summed E-state index contributed by atoms with van der Waals surface area (Å²) < 4.78 is 38.5. The second kappa shape index (κ2) is 15.1. The molecule has 4 N–H and O–H groups in total. The maximum Gasteiger partial charge on any atom is 0.490 e. The first-order valence-corrected chi connectivity index (χ1v) is 13.5. The van der Waals surface area contributed by atoms with Crippen LogP contribution in [0.3, 0.4) is 0 Å². The number of ether oxygens (including phenoxy) is 1. The monoisotopic (exact) mass is 638 g/mol. The Morgan fingerprint density at radius 1 is 1.07 bits per heavy atom. The van der Waals surface area contributed by atoms with E-state index in [0.717, 1.165) is 17.5 Å². The maximum atomic E-state index is 13.1. The van der Waals surface area contributed by atoms with Crippen LogP contribution in [0.5, 0.6) is 0 Å². The molecule has 1 saturated heterocycles. The van der Waals surface area contributed by atoms with Gasteiger partial charge in [0.25, 0.3) is 5.91 Å². The minimum Gasteiger partial charge on any atom is -0.475 e. The predicted octanol–water partition coefficient (Wildman–Crippen LogP) is 5.10. The van der Waals surface area contributed by atoms with Crippen LogP contribution in [-0.4, -0.2) is 62.6 Å². The van der Waals surface area contributed by atoms with E-state index in [0.29, 0.717) is 22.0 Å². The predicted molar refractivity (Wildman–Crippen MR) is 147 cm³/mol. The van der Waals surface area contributed by atoms with Gasteiger partial charge in [0.2, 0.25) is 0 Å². The summed E-state index contributed by atoms with van der Waals surface area (Å²) in [6.45, 7) is 3.82. The van der Waals surface area contributed by atoms with E-state index in [-0.39, 0.29) is 19.2 Å². The summed E-state index contributed by atoms with van der Waals surface area (Å²) in [7, 11) is 0. The summed E-state index contributed by atoms with van der Waals surface area (Å²) >= 11 is 13.0.